The van der Waals surface area contributed by atoms with E-state index in [0.29, 0.717) is 0 Å². The van der Waals surface area contributed by atoms with Crippen molar-refractivity contribution in [3.63, 3.8) is 0 Å². The first-order chi connectivity index (χ1) is 13.8. The zero-order valence-corrected chi connectivity index (χ0v) is 15.5. The van der Waals surface area contributed by atoms with Crippen LogP contribution in [-0.4, -0.2) is 17.9 Å². The third-order valence-corrected chi connectivity index (χ3v) is 4.29. The first-order valence-corrected chi connectivity index (χ1v) is 9.01. The molecule has 0 unspecified atom stereocenters. The van der Waals surface area contributed by atoms with Crippen molar-refractivity contribution < 1.29 is 9.47 Å². The molecule has 0 aliphatic heterocycles. The molecule has 0 saturated carbocycles. The fourth-order valence-electron chi connectivity index (χ4n) is 2.84. The van der Waals surface area contributed by atoms with Gasteiger partial charge < -0.3 is 14.0 Å². The van der Waals surface area contributed by atoms with Gasteiger partial charge in [0.05, 0.1) is 24.7 Å². The lowest BCUT2D eigenvalue weighted by atomic mass is 10.3. The Morgan fingerprint density at radius 1 is 0.714 bits per heavy atom. The van der Waals surface area contributed by atoms with E-state index in [4.69, 9.17) is 9.47 Å². The van der Waals surface area contributed by atoms with Gasteiger partial charge in [-0.15, -0.1) is 0 Å². The molecule has 4 nitrogen and oxygen atoms in total. The van der Waals surface area contributed by atoms with Crippen LogP contribution in [0.2, 0.25) is 0 Å². The normalized spacial score (nSPS) is 10.9. The molecule has 0 spiro atoms. The second kappa shape index (κ2) is 8.27. The lowest BCUT2D eigenvalue weighted by molar-refractivity contribution is 0.413. The molecule has 138 valence electrons. The fraction of sp³-hybridized carbons (Fsp3) is 0.0417. The summed E-state index contributed by atoms with van der Waals surface area (Å²) in [6.07, 6.45) is 3.90. The van der Waals surface area contributed by atoms with Crippen LogP contribution < -0.4 is 9.47 Å². The van der Waals surface area contributed by atoms with Gasteiger partial charge in [0.1, 0.15) is 17.2 Å². The molecule has 0 aliphatic carbocycles. The summed E-state index contributed by atoms with van der Waals surface area (Å²) >= 11 is 0. The van der Waals surface area contributed by atoms with Crippen molar-refractivity contribution in [3.05, 3.63) is 103 Å². The molecule has 0 amide bonds. The molecule has 1 aromatic heterocycles. The van der Waals surface area contributed by atoms with E-state index >= 15 is 0 Å². The van der Waals surface area contributed by atoms with Crippen molar-refractivity contribution in [2.75, 3.05) is 7.11 Å². The number of benzene rings is 3. The second-order valence-corrected chi connectivity index (χ2v) is 6.17. The van der Waals surface area contributed by atoms with Gasteiger partial charge in [0, 0.05) is 11.9 Å². The molecule has 0 atom stereocenters. The lowest BCUT2D eigenvalue weighted by Crippen LogP contribution is -1.97. The molecule has 0 bridgehead atoms. The highest BCUT2D eigenvalue weighted by atomic mass is 16.5. The fourth-order valence-corrected chi connectivity index (χ4v) is 2.84. The molecule has 0 radical (unpaired) electrons. The predicted octanol–water partition coefficient (Wildman–Crippen LogP) is 6.03. The number of hydrogen-bond donors (Lipinski definition) is 0. The van der Waals surface area contributed by atoms with Gasteiger partial charge in [0.2, 0.25) is 0 Å². The molecule has 28 heavy (non-hydrogen) atoms. The highest BCUT2D eigenvalue weighted by molar-refractivity contribution is 5.81. The standard InChI is InChI=1S/C24H20N2O2/c1-27-22-13-15-24(16-14-22)28-23-11-9-19(10-12-23)25-18-21-8-5-17-26(21)20-6-3-2-4-7-20/h2-18H,1H3. The molecule has 4 aromatic rings. The molecule has 4 heteroatoms. The summed E-state index contributed by atoms with van der Waals surface area (Å²) in [6, 6.07) is 29.4. The van der Waals surface area contributed by atoms with E-state index in [1.54, 1.807) is 7.11 Å². The monoisotopic (exact) mass is 368 g/mol. The van der Waals surface area contributed by atoms with Crippen molar-refractivity contribution in [1.82, 2.24) is 4.57 Å². The summed E-state index contributed by atoms with van der Waals surface area (Å²) < 4.78 is 13.1. The zero-order valence-electron chi connectivity index (χ0n) is 15.5. The van der Waals surface area contributed by atoms with Crippen LogP contribution in [0.15, 0.2) is 102 Å². The van der Waals surface area contributed by atoms with Gasteiger partial charge in [0.25, 0.3) is 0 Å². The minimum Gasteiger partial charge on any atom is -0.497 e. The zero-order chi connectivity index (χ0) is 19.2. The largest absolute Gasteiger partial charge is 0.497 e. The number of rotatable bonds is 6. The molecular weight excluding hydrogens is 348 g/mol. The maximum absolute atomic E-state index is 5.85. The maximum atomic E-state index is 5.85. The number of methoxy groups -OCH3 is 1. The highest BCUT2D eigenvalue weighted by Crippen LogP contribution is 2.25. The molecule has 0 aliphatic rings. The van der Waals surface area contributed by atoms with E-state index in [1.165, 1.54) is 0 Å². The van der Waals surface area contributed by atoms with E-state index in [-0.39, 0.29) is 0 Å². The van der Waals surface area contributed by atoms with Crippen LogP contribution in [0.3, 0.4) is 0 Å². The summed E-state index contributed by atoms with van der Waals surface area (Å²) in [6.45, 7) is 0. The van der Waals surface area contributed by atoms with Gasteiger partial charge in [-0.1, -0.05) is 18.2 Å². The van der Waals surface area contributed by atoms with Crippen LogP contribution in [0.5, 0.6) is 17.2 Å². The van der Waals surface area contributed by atoms with E-state index in [2.05, 4.69) is 21.7 Å². The first kappa shape index (κ1) is 17.6. The molecule has 1 heterocycles. The number of hydrogen-bond acceptors (Lipinski definition) is 3. The molecular formula is C24H20N2O2. The van der Waals surface area contributed by atoms with Crippen LogP contribution >= 0.6 is 0 Å². The van der Waals surface area contributed by atoms with Gasteiger partial charge in [0.15, 0.2) is 0 Å². The number of aromatic nitrogens is 1. The van der Waals surface area contributed by atoms with E-state index in [9.17, 15) is 0 Å². The summed E-state index contributed by atoms with van der Waals surface area (Å²) in [7, 11) is 1.64. The smallest absolute Gasteiger partial charge is 0.127 e. The van der Waals surface area contributed by atoms with Crippen molar-refractivity contribution in [3.8, 4) is 22.9 Å². The van der Waals surface area contributed by atoms with Crippen LogP contribution in [0, 0.1) is 0 Å². The number of aliphatic imine (C=N–C) groups is 1. The quantitative estimate of drug-likeness (QED) is 0.390. The summed E-state index contributed by atoms with van der Waals surface area (Å²) in [5, 5.41) is 0. The van der Waals surface area contributed by atoms with Gasteiger partial charge >= 0.3 is 0 Å². The Balaban J connectivity index is 1.45. The van der Waals surface area contributed by atoms with Crippen molar-refractivity contribution >= 4 is 11.9 Å². The van der Waals surface area contributed by atoms with E-state index < -0.39 is 0 Å². The van der Waals surface area contributed by atoms with Gasteiger partial charge in [-0.3, -0.25) is 4.99 Å². The lowest BCUT2D eigenvalue weighted by Gasteiger charge is -2.07. The molecule has 3 aromatic carbocycles. The van der Waals surface area contributed by atoms with Crippen molar-refractivity contribution in [1.29, 1.82) is 0 Å². The Hall–Kier alpha value is -3.79. The average Bonchev–Trinajstić information content (AvgIpc) is 3.23. The van der Waals surface area contributed by atoms with Crippen LogP contribution in [0.25, 0.3) is 5.69 Å². The second-order valence-electron chi connectivity index (χ2n) is 6.17. The Morgan fingerprint density at radius 3 is 2.04 bits per heavy atom. The maximum Gasteiger partial charge on any atom is 0.127 e. The number of para-hydroxylation sites is 1. The van der Waals surface area contributed by atoms with Crippen LogP contribution in [-0.2, 0) is 0 Å². The Bertz CT molecular complexity index is 1050. The Labute approximate surface area is 164 Å². The highest BCUT2D eigenvalue weighted by Gasteiger charge is 2.01. The topological polar surface area (TPSA) is 35.8 Å². The van der Waals surface area contributed by atoms with Crippen LogP contribution in [0.1, 0.15) is 5.69 Å². The summed E-state index contributed by atoms with van der Waals surface area (Å²) in [5.41, 5.74) is 2.99. The summed E-state index contributed by atoms with van der Waals surface area (Å²) in [5.74, 6) is 2.33. The van der Waals surface area contributed by atoms with Crippen LogP contribution in [0.4, 0.5) is 5.69 Å². The minimum absolute atomic E-state index is 0.761. The molecule has 4 rings (SSSR count). The van der Waals surface area contributed by atoms with Crippen molar-refractivity contribution in [2.24, 2.45) is 4.99 Å². The summed E-state index contributed by atoms with van der Waals surface area (Å²) in [4.78, 5) is 4.59. The SMILES string of the molecule is COc1ccc(Oc2ccc(N=Cc3cccn3-c3ccccc3)cc2)cc1. The molecule has 0 fully saturated rings. The first-order valence-electron chi connectivity index (χ1n) is 9.01. The van der Waals surface area contributed by atoms with E-state index in [0.717, 1.165) is 34.3 Å². The van der Waals surface area contributed by atoms with Gasteiger partial charge in [-0.25, -0.2) is 0 Å². The Morgan fingerprint density at radius 2 is 1.36 bits per heavy atom. The number of nitrogens with zero attached hydrogens (tertiary/aromatic N) is 2. The van der Waals surface area contributed by atoms with Gasteiger partial charge in [-0.05, 0) is 72.8 Å². The molecule has 0 saturated heterocycles. The van der Waals surface area contributed by atoms with Crippen molar-refractivity contribution in [2.45, 2.75) is 0 Å². The van der Waals surface area contributed by atoms with E-state index in [1.807, 2.05) is 91.3 Å². The third kappa shape index (κ3) is 4.13. The predicted molar refractivity (Wildman–Crippen MR) is 113 cm³/mol. The Kier molecular flexibility index (Phi) is 5.20. The molecule has 0 N–H and O–H groups in total. The number of ether oxygens (including phenoxy) is 2. The van der Waals surface area contributed by atoms with Gasteiger partial charge in [-0.2, -0.15) is 0 Å². The minimum atomic E-state index is 0.761. The average molecular weight is 368 g/mol. The third-order valence-electron chi connectivity index (χ3n) is 4.29.